The van der Waals surface area contributed by atoms with E-state index in [-0.39, 0.29) is 23.8 Å². The third-order valence-electron chi connectivity index (χ3n) is 5.28. The summed E-state index contributed by atoms with van der Waals surface area (Å²) in [6.45, 7) is 7.63. The fourth-order valence-electron chi connectivity index (χ4n) is 3.95. The molecule has 0 aliphatic carbocycles. The summed E-state index contributed by atoms with van der Waals surface area (Å²) in [4.78, 5) is 20.5. The fourth-order valence-corrected chi connectivity index (χ4v) is 3.95. The summed E-state index contributed by atoms with van der Waals surface area (Å²) in [6.07, 6.45) is 0. The van der Waals surface area contributed by atoms with Crippen LogP contribution >= 0.6 is 0 Å². The first-order valence-electron chi connectivity index (χ1n) is 10.6. The maximum Gasteiger partial charge on any atom is 0.220 e. The van der Waals surface area contributed by atoms with Crippen molar-refractivity contribution in [2.24, 2.45) is 53.1 Å². The smallest absolute Gasteiger partial charge is 0.220 e. The van der Waals surface area contributed by atoms with Crippen molar-refractivity contribution in [2.75, 3.05) is 9.80 Å². The molecule has 0 aromatic heterocycles. The van der Waals surface area contributed by atoms with Gasteiger partial charge in [0.25, 0.3) is 0 Å². The highest BCUT2D eigenvalue weighted by atomic mass is 15.4. The average molecular weight is 461 g/mol. The second-order valence-electron chi connectivity index (χ2n) is 8.77. The third-order valence-corrected chi connectivity index (χ3v) is 5.28. The van der Waals surface area contributed by atoms with E-state index < -0.39 is 11.3 Å². The molecule has 0 amide bonds. The summed E-state index contributed by atoms with van der Waals surface area (Å²) in [5, 5.41) is 8.65. The van der Waals surface area contributed by atoms with E-state index in [0.717, 1.165) is 11.4 Å². The fraction of sp³-hybridized carbons (Fsp3) is 0.273. The van der Waals surface area contributed by atoms with Crippen LogP contribution in [0.15, 0.2) is 78.7 Å². The molecule has 8 N–H and O–H groups in total. The summed E-state index contributed by atoms with van der Waals surface area (Å²) in [5.41, 5.74) is 25.3. The van der Waals surface area contributed by atoms with Crippen LogP contribution in [-0.4, -0.2) is 35.2 Å². The van der Waals surface area contributed by atoms with Gasteiger partial charge in [0.05, 0.1) is 11.4 Å². The Morgan fingerprint density at radius 3 is 1.21 bits per heavy atom. The summed E-state index contributed by atoms with van der Waals surface area (Å²) in [5.74, 6) is 0.877. The van der Waals surface area contributed by atoms with Crippen molar-refractivity contribution in [3.8, 4) is 0 Å². The molecule has 0 saturated carbocycles. The molecule has 0 atom stereocenters. The summed E-state index contributed by atoms with van der Waals surface area (Å²) in [7, 11) is 0. The van der Waals surface area contributed by atoms with Gasteiger partial charge in [0.1, 0.15) is 11.3 Å². The van der Waals surface area contributed by atoms with Crippen LogP contribution in [-0.2, 0) is 0 Å². The number of hydrogen-bond acceptors (Lipinski definition) is 12. The molecule has 12 nitrogen and oxygen atoms in total. The van der Waals surface area contributed by atoms with Gasteiger partial charge in [-0.2, -0.15) is 20.2 Å². The number of azo groups is 1. The minimum absolute atomic E-state index is 0.158. The van der Waals surface area contributed by atoms with Gasteiger partial charge in [0.2, 0.25) is 23.8 Å². The SMILES string of the molecule is CC1(C)N=C(N)N=C(N)N1c1ccc(N=Nc2ccc(N3C(N)=NC(N)=NC3(C)C)cc2)cc1. The Balaban J connectivity index is 1.49. The summed E-state index contributed by atoms with van der Waals surface area (Å²) >= 11 is 0. The highest BCUT2D eigenvalue weighted by Crippen LogP contribution is 2.31. The Kier molecular flexibility index (Phi) is 5.43. The van der Waals surface area contributed by atoms with Crippen LogP contribution in [0.25, 0.3) is 0 Å². The van der Waals surface area contributed by atoms with Crippen LogP contribution in [0.3, 0.4) is 0 Å². The van der Waals surface area contributed by atoms with E-state index in [1.54, 1.807) is 9.80 Å². The minimum Gasteiger partial charge on any atom is -0.369 e. The van der Waals surface area contributed by atoms with E-state index in [4.69, 9.17) is 22.9 Å². The number of guanidine groups is 4. The molecule has 4 rings (SSSR count). The lowest BCUT2D eigenvalue weighted by atomic mass is 10.1. The van der Waals surface area contributed by atoms with Crippen molar-refractivity contribution in [3.63, 3.8) is 0 Å². The van der Waals surface area contributed by atoms with Gasteiger partial charge < -0.3 is 22.9 Å². The molecule has 34 heavy (non-hydrogen) atoms. The zero-order valence-electron chi connectivity index (χ0n) is 19.5. The highest BCUT2D eigenvalue weighted by molar-refractivity contribution is 6.06. The van der Waals surface area contributed by atoms with E-state index in [1.165, 1.54) is 0 Å². The number of nitrogens with two attached hydrogens (primary N) is 4. The summed E-state index contributed by atoms with van der Waals surface area (Å²) in [6, 6.07) is 14.9. The van der Waals surface area contributed by atoms with Gasteiger partial charge >= 0.3 is 0 Å². The van der Waals surface area contributed by atoms with Gasteiger partial charge in [0.15, 0.2) is 0 Å². The predicted molar refractivity (Wildman–Crippen MR) is 137 cm³/mol. The molecule has 0 bridgehead atoms. The van der Waals surface area contributed by atoms with Crippen LogP contribution in [0.1, 0.15) is 27.7 Å². The van der Waals surface area contributed by atoms with E-state index in [9.17, 15) is 0 Å². The minimum atomic E-state index is -0.658. The van der Waals surface area contributed by atoms with Crippen LogP contribution in [0.2, 0.25) is 0 Å². The van der Waals surface area contributed by atoms with Gasteiger partial charge in [-0.1, -0.05) is 0 Å². The van der Waals surface area contributed by atoms with E-state index in [1.807, 2.05) is 76.2 Å². The number of nitrogens with zero attached hydrogens (tertiary/aromatic N) is 8. The Morgan fingerprint density at radius 2 is 0.912 bits per heavy atom. The monoisotopic (exact) mass is 460 g/mol. The first-order valence-corrected chi connectivity index (χ1v) is 10.6. The van der Waals surface area contributed by atoms with Gasteiger partial charge in [-0.25, -0.2) is 9.98 Å². The first kappa shape index (κ1) is 22.7. The second-order valence-corrected chi connectivity index (χ2v) is 8.77. The zero-order chi connectivity index (χ0) is 24.7. The molecule has 2 aliphatic heterocycles. The normalized spacial score (nSPS) is 19.4. The van der Waals surface area contributed by atoms with E-state index in [2.05, 4.69) is 30.2 Å². The highest BCUT2D eigenvalue weighted by Gasteiger charge is 2.33. The molecule has 0 radical (unpaired) electrons. The third kappa shape index (κ3) is 4.37. The average Bonchev–Trinajstić information content (AvgIpc) is 2.71. The second kappa shape index (κ2) is 8.14. The van der Waals surface area contributed by atoms with Gasteiger partial charge in [-0.05, 0) is 76.2 Å². The topological polar surface area (TPSA) is 185 Å². The Labute approximate surface area is 197 Å². The molecule has 2 heterocycles. The standard InChI is InChI=1S/C22H28N12/c1-21(2)29-17(23)27-19(25)33(21)15-9-5-13(6-10-15)31-32-14-7-11-16(12-8-14)34-20(26)28-18(24)30-22(34,3)4/h5-12H,1-4H3,(H4,23,25,27,29)(H4,24,26,28,30). The first-order chi connectivity index (χ1) is 16.0. The van der Waals surface area contributed by atoms with Crippen LogP contribution < -0.4 is 32.7 Å². The Hall–Kier alpha value is -4.48. The lowest BCUT2D eigenvalue weighted by Crippen LogP contribution is -2.54. The molecule has 0 saturated heterocycles. The molecule has 0 unspecified atom stereocenters. The van der Waals surface area contributed by atoms with Crippen molar-refractivity contribution in [3.05, 3.63) is 48.5 Å². The van der Waals surface area contributed by atoms with Crippen LogP contribution in [0, 0.1) is 0 Å². The largest absolute Gasteiger partial charge is 0.369 e. The van der Waals surface area contributed by atoms with Crippen molar-refractivity contribution >= 4 is 46.6 Å². The molecule has 12 heteroatoms. The van der Waals surface area contributed by atoms with Crippen molar-refractivity contribution < 1.29 is 0 Å². The molecule has 2 aliphatic rings. The summed E-state index contributed by atoms with van der Waals surface area (Å²) < 4.78 is 0. The molecule has 176 valence electrons. The van der Waals surface area contributed by atoms with Gasteiger partial charge in [-0.3, -0.25) is 9.80 Å². The number of rotatable bonds is 4. The molecule has 2 aromatic rings. The Morgan fingerprint density at radius 1 is 0.588 bits per heavy atom. The molecular weight excluding hydrogens is 432 g/mol. The number of hydrogen-bond donors (Lipinski definition) is 4. The quantitative estimate of drug-likeness (QED) is 0.507. The van der Waals surface area contributed by atoms with Gasteiger partial charge in [-0.15, -0.1) is 0 Å². The number of benzene rings is 2. The molecule has 0 fully saturated rings. The Bertz CT molecular complexity index is 1140. The van der Waals surface area contributed by atoms with E-state index >= 15 is 0 Å². The predicted octanol–water partition coefficient (Wildman–Crippen LogP) is 2.47. The van der Waals surface area contributed by atoms with Gasteiger partial charge in [0, 0.05) is 11.4 Å². The molecule has 2 aromatic carbocycles. The van der Waals surface area contributed by atoms with Crippen molar-refractivity contribution in [1.29, 1.82) is 0 Å². The maximum atomic E-state index is 6.09. The van der Waals surface area contributed by atoms with E-state index in [0.29, 0.717) is 11.4 Å². The lowest BCUT2D eigenvalue weighted by molar-refractivity contribution is 0.533. The number of anilines is 2. The van der Waals surface area contributed by atoms with Crippen molar-refractivity contribution in [1.82, 2.24) is 0 Å². The zero-order valence-corrected chi connectivity index (χ0v) is 19.5. The van der Waals surface area contributed by atoms with Crippen LogP contribution in [0.4, 0.5) is 22.7 Å². The molecular formula is C22H28N12. The lowest BCUT2D eigenvalue weighted by Gasteiger charge is -2.38. The maximum absolute atomic E-state index is 6.09. The number of aliphatic imine (C=N–C) groups is 4. The van der Waals surface area contributed by atoms with Crippen LogP contribution in [0.5, 0.6) is 0 Å². The van der Waals surface area contributed by atoms with Crippen molar-refractivity contribution in [2.45, 2.75) is 39.0 Å². The molecule has 0 spiro atoms.